The molecule has 0 aromatic heterocycles. The van der Waals surface area contributed by atoms with E-state index in [1.165, 1.54) is 22.4 Å². The van der Waals surface area contributed by atoms with Crippen molar-refractivity contribution in [3.8, 4) is 0 Å². The van der Waals surface area contributed by atoms with Crippen molar-refractivity contribution in [2.45, 2.75) is 19.3 Å². The summed E-state index contributed by atoms with van der Waals surface area (Å²) in [6.45, 7) is 3.02. The molecule has 0 amide bonds. The molecule has 0 aliphatic carbocycles. The molecule has 0 heterocycles. The van der Waals surface area contributed by atoms with Crippen LogP contribution in [0.3, 0.4) is 0 Å². The third kappa shape index (κ3) is 3.74. The average molecular weight is 339 g/mol. The summed E-state index contributed by atoms with van der Waals surface area (Å²) < 4.78 is 1.12. The number of rotatable bonds is 4. The molecule has 2 rings (SSSR count). The second-order valence-corrected chi connectivity index (χ2v) is 5.92. The molecule has 19 heavy (non-hydrogen) atoms. The summed E-state index contributed by atoms with van der Waals surface area (Å²) >= 11 is 9.37. The molecule has 3 heteroatoms. The Morgan fingerprint density at radius 2 is 1.89 bits per heavy atom. The van der Waals surface area contributed by atoms with Crippen LogP contribution in [0.15, 0.2) is 46.9 Å². The zero-order valence-corrected chi connectivity index (χ0v) is 13.5. The van der Waals surface area contributed by atoms with Crippen LogP contribution in [-0.4, -0.2) is 7.05 Å². The average Bonchev–Trinajstić information content (AvgIpc) is 2.38. The fourth-order valence-electron chi connectivity index (χ4n) is 2.22. The molecule has 0 N–H and O–H groups in total. The fraction of sp³-hybridized carbons (Fsp3) is 0.250. The number of benzene rings is 2. The maximum absolute atomic E-state index is 5.86. The van der Waals surface area contributed by atoms with Gasteiger partial charge in [-0.05, 0) is 41.8 Å². The second-order valence-electron chi connectivity index (χ2n) is 4.74. The highest BCUT2D eigenvalue weighted by Gasteiger charge is 2.06. The van der Waals surface area contributed by atoms with E-state index in [0.29, 0.717) is 5.88 Å². The lowest BCUT2D eigenvalue weighted by atomic mass is 10.1. The van der Waals surface area contributed by atoms with Crippen LogP contribution in [0.1, 0.15) is 16.7 Å². The van der Waals surface area contributed by atoms with Crippen LogP contribution in [0.25, 0.3) is 0 Å². The van der Waals surface area contributed by atoms with Crippen molar-refractivity contribution in [1.29, 1.82) is 0 Å². The standard InChI is InChI=1S/C16H17BrClN/c1-12-8-13(10-18)6-7-16(12)19(2)11-14-4-3-5-15(17)9-14/h3-9H,10-11H2,1-2H3. The van der Waals surface area contributed by atoms with E-state index in [0.717, 1.165) is 11.0 Å². The van der Waals surface area contributed by atoms with E-state index in [2.05, 4.69) is 71.2 Å². The van der Waals surface area contributed by atoms with E-state index in [-0.39, 0.29) is 0 Å². The molecule has 2 aromatic carbocycles. The van der Waals surface area contributed by atoms with Gasteiger partial charge in [-0.2, -0.15) is 0 Å². The first-order valence-corrected chi connectivity index (χ1v) is 7.54. The molecule has 0 atom stereocenters. The van der Waals surface area contributed by atoms with Crippen LogP contribution >= 0.6 is 27.5 Å². The van der Waals surface area contributed by atoms with E-state index in [9.17, 15) is 0 Å². The van der Waals surface area contributed by atoms with Crippen molar-refractivity contribution in [3.63, 3.8) is 0 Å². The maximum Gasteiger partial charge on any atom is 0.0474 e. The maximum atomic E-state index is 5.86. The fourth-order valence-corrected chi connectivity index (χ4v) is 2.84. The first-order valence-electron chi connectivity index (χ1n) is 6.21. The quantitative estimate of drug-likeness (QED) is 0.698. The summed E-state index contributed by atoms with van der Waals surface area (Å²) in [5.41, 5.74) is 4.96. The molecule has 0 saturated heterocycles. The highest BCUT2D eigenvalue weighted by molar-refractivity contribution is 9.10. The molecule has 2 aromatic rings. The van der Waals surface area contributed by atoms with Gasteiger partial charge in [0.15, 0.2) is 0 Å². The Kier molecular flexibility index (Phi) is 4.89. The molecule has 0 fully saturated rings. The molecule has 0 bridgehead atoms. The van der Waals surface area contributed by atoms with Gasteiger partial charge in [0.05, 0.1) is 0 Å². The second kappa shape index (κ2) is 6.44. The summed E-state index contributed by atoms with van der Waals surface area (Å²) in [6, 6.07) is 14.8. The third-order valence-corrected chi connectivity index (χ3v) is 3.94. The lowest BCUT2D eigenvalue weighted by Gasteiger charge is -2.22. The van der Waals surface area contributed by atoms with Gasteiger partial charge in [0.2, 0.25) is 0 Å². The highest BCUT2D eigenvalue weighted by Crippen LogP contribution is 2.23. The summed E-state index contributed by atoms with van der Waals surface area (Å²) in [5.74, 6) is 0.566. The predicted octanol–water partition coefficient (Wildman–Crippen LogP) is 5.13. The first-order chi connectivity index (χ1) is 9.10. The van der Waals surface area contributed by atoms with Crippen LogP contribution < -0.4 is 4.90 Å². The summed E-state index contributed by atoms with van der Waals surface area (Å²) in [6.07, 6.45) is 0. The number of aryl methyl sites for hydroxylation is 1. The topological polar surface area (TPSA) is 3.24 Å². The van der Waals surface area contributed by atoms with Crippen molar-refractivity contribution in [2.24, 2.45) is 0 Å². The van der Waals surface area contributed by atoms with E-state index < -0.39 is 0 Å². The zero-order chi connectivity index (χ0) is 13.8. The molecule has 0 saturated carbocycles. The smallest absolute Gasteiger partial charge is 0.0474 e. The monoisotopic (exact) mass is 337 g/mol. The van der Waals surface area contributed by atoms with Gasteiger partial charge in [-0.15, -0.1) is 11.6 Å². The minimum absolute atomic E-state index is 0.566. The van der Waals surface area contributed by atoms with Crippen LogP contribution in [0.5, 0.6) is 0 Å². The summed E-state index contributed by atoms with van der Waals surface area (Å²) in [7, 11) is 2.11. The Labute approximate surface area is 128 Å². The van der Waals surface area contributed by atoms with Crippen LogP contribution in [-0.2, 0) is 12.4 Å². The zero-order valence-electron chi connectivity index (χ0n) is 11.2. The Hall–Kier alpha value is -0.990. The SMILES string of the molecule is Cc1cc(CCl)ccc1N(C)Cc1cccc(Br)c1. The summed E-state index contributed by atoms with van der Waals surface area (Å²) in [4.78, 5) is 2.26. The molecule has 1 nitrogen and oxygen atoms in total. The lowest BCUT2D eigenvalue weighted by Crippen LogP contribution is -2.17. The van der Waals surface area contributed by atoms with Gasteiger partial charge in [0, 0.05) is 29.6 Å². The van der Waals surface area contributed by atoms with Crippen LogP contribution in [0.4, 0.5) is 5.69 Å². The number of hydrogen-bond donors (Lipinski definition) is 0. The van der Waals surface area contributed by atoms with Crippen molar-refractivity contribution in [2.75, 3.05) is 11.9 Å². The van der Waals surface area contributed by atoms with Gasteiger partial charge in [-0.25, -0.2) is 0 Å². The Balaban J connectivity index is 2.18. The predicted molar refractivity (Wildman–Crippen MR) is 87.0 cm³/mol. The van der Waals surface area contributed by atoms with Crippen LogP contribution in [0, 0.1) is 6.92 Å². The van der Waals surface area contributed by atoms with Gasteiger partial charge >= 0.3 is 0 Å². The number of alkyl halides is 1. The molecule has 0 radical (unpaired) electrons. The van der Waals surface area contributed by atoms with Crippen molar-refractivity contribution in [1.82, 2.24) is 0 Å². The molecule has 0 aliphatic rings. The van der Waals surface area contributed by atoms with Gasteiger partial charge in [0.25, 0.3) is 0 Å². The Morgan fingerprint density at radius 3 is 2.53 bits per heavy atom. The minimum atomic E-state index is 0.566. The number of nitrogens with zero attached hydrogens (tertiary/aromatic N) is 1. The Bertz CT molecular complexity index is 568. The highest BCUT2D eigenvalue weighted by atomic mass is 79.9. The van der Waals surface area contributed by atoms with Crippen molar-refractivity contribution < 1.29 is 0 Å². The van der Waals surface area contributed by atoms with E-state index in [1.54, 1.807) is 0 Å². The van der Waals surface area contributed by atoms with Crippen molar-refractivity contribution in [3.05, 3.63) is 63.6 Å². The normalized spacial score (nSPS) is 10.5. The van der Waals surface area contributed by atoms with Gasteiger partial charge in [-0.3, -0.25) is 0 Å². The lowest BCUT2D eigenvalue weighted by molar-refractivity contribution is 0.916. The van der Waals surface area contributed by atoms with E-state index in [4.69, 9.17) is 11.6 Å². The number of hydrogen-bond acceptors (Lipinski definition) is 1. The summed E-state index contributed by atoms with van der Waals surface area (Å²) in [5, 5.41) is 0. The largest absolute Gasteiger partial charge is 0.370 e. The van der Waals surface area contributed by atoms with E-state index in [1.807, 2.05) is 6.07 Å². The molecule has 0 aliphatic heterocycles. The van der Waals surface area contributed by atoms with Crippen molar-refractivity contribution >= 4 is 33.2 Å². The first kappa shape index (κ1) is 14.4. The van der Waals surface area contributed by atoms with Gasteiger partial charge in [0.1, 0.15) is 0 Å². The Morgan fingerprint density at radius 1 is 1.11 bits per heavy atom. The molecule has 100 valence electrons. The minimum Gasteiger partial charge on any atom is -0.370 e. The number of halogens is 2. The van der Waals surface area contributed by atoms with E-state index >= 15 is 0 Å². The van der Waals surface area contributed by atoms with Crippen LogP contribution in [0.2, 0.25) is 0 Å². The number of anilines is 1. The molecule has 0 unspecified atom stereocenters. The van der Waals surface area contributed by atoms with Gasteiger partial charge in [-0.1, -0.05) is 40.2 Å². The van der Waals surface area contributed by atoms with Gasteiger partial charge < -0.3 is 4.90 Å². The molecular formula is C16H17BrClN. The molecule has 0 spiro atoms. The third-order valence-electron chi connectivity index (χ3n) is 3.14. The molecular weight excluding hydrogens is 322 g/mol.